The minimum Gasteiger partial charge on any atom is -0.423 e. The van der Waals surface area contributed by atoms with Gasteiger partial charge in [-0.2, -0.15) is 0 Å². The number of nitrogens with one attached hydrogen (secondary N) is 1. The highest BCUT2D eigenvalue weighted by molar-refractivity contribution is 7.98. The van der Waals surface area contributed by atoms with Crippen molar-refractivity contribution in [2.75, 3.05) is 12.8 Å². The van der Waals surface area contributed by atoms with Crippen LogP contribution in [-0.4, -0.2) is 22.8 Å². The van der Waals surface area contributed by atoms with Gasteiger partial charge in [0.15, 0.2) is 0 Å². The number of para-hydroxylation sites is 1. The second-order valence-electron chi connectivity index (χ2n) is 5.15. The Bertz CT molecular complexity index is 558. The van der Waals surface area contributed by atoms with Crippen LogP contribution in [0.4, 0.5) is 0 Å². The third-order valence-corrected chi connectivity index (χ3v) is 3.61. The molecule has 0 amide bonds. The largest absolute Gasteiger partial charge is 0.423 e. The summed E-state index contributed by atoms with van der Waals surface area (Å²) in [6, 6.07) is 8.25. The molecule has 1 aromatic carbocycles. The zero-order chi connectivity index (χ0) is 15.1. The number of hydrogen-bond acceptors (Lipinski definition) is 5. The summed E-state index contributed by atoms with van der Waals surface area (Å²) in [7, 11) is 0. The summed E-state index contributed by atoms with van der Waals surface area (Å²) < 4.78 is 5.73. The van der Waals surface area contributed by atoms with Crippen molar-refractivity contribution in [1.82, 2.24) is 15.3 Å². The standard InChI is InChI=1S/C16H21N3OS/c1-12(2)8-17-9-13-10-18-16(19-11-13)20-14-6-4-5-7-15(14)21-3/h4-7,10-12,17H,8-9H2,1-3H3. The average molecular weight is 303 g/mol. The molecule has 0 spiro atoms. The van der Waals surface area contributed by atoms with Crippen LogP contribution in [0.2, 0.25) is 0 Å². The zero-order valence-corrected chi connectivity index (χ0v) is 13.5. The molecule has 0 radical (unpaired) electrons. The lowest BCUT2D eigenvalue weighted by atomic mass is 10.2. The van der Waals surface area contributed by atoms with E-state index < -0.39 is 0 Å². The molecule has 2 aromatic rings. The van der Waals surface area contributed by atoms with E-state index in [0.717, 1.165) is 29.3 Å². The molecule has 21 heavy (non-hydrogen) atoms. The number of thioether (sulfide) groups is 1. The molecule has 112 valence electrons. The molecule has 5 heteroatoms. The first kappa shape index (κ1) is 15.8. The summed E-state index contributed by atoms with van der Waals surface area (Å²) in [6.45, 7) is 6.13. The number of aromatic nitrogens is 2. The summed E-state index contributed by atoms with van der Waals surface area (Å²) in [6.07, 6.45) is 5.63. The lowest BCUT2D eigenvalue weighted by molar-refractivity contribution is 0.430. The van der Waals surface area contributed by atoms with Gasteiger partial charge in [0, 0.05) is 29.4 Å². The minimum absolute atomic E-state index is 0.379. The molecule has 0 aliphatic heterocycles. The van der Waals surface area contributed by atoms with Gasteiger partial charge < -0.3 is 10.1 Å². The Kier molecular flexibility index (Phi) is 6.02. The highest BCUT2D eigenvalue weighted by Gasteiger charge is 2.05. The topological polar surface area (TPSA) is 47.0 Å². The van der Waals surface area contributed by atoms with E-state index >= 15 is 0 Å². The van der Waals surface area contributed by atoms with Crippen LogP contribution in [0.15, 0.2) is 41.6 Å². The van der Waals surface area contributed by atoms with Gasteiger partial charge in [0.1, 0.15) is 5.75 Å². The summed E-state index contributed by atoms with van der Waals surface area (Å²) >= 11 is 1.64. The SMILES string of the molecule is CSc1ccccc1Oc1ncc(CNCC(C)C)cn1. The summed E-state index contributed by atoms with van der Waals surface area (Å²) in [5.41, 5.74) is 1.06. The summed E-state index contributed by atoms with van der Waals surface area (Å²) in [5, 5.41) is 3.36. The van der Waals surface area contributed by atoms with E-state index in [1.165, 1.54) is 0 Å². The van der Waals surface area contributed by atoms with E-state index in [-0.39, 0.29) is 0 Å². The van der Waals surface area contributed by atoms with Crippen molar-refractivity contribution in [3.8, 4) is 11.8 Å². The average Bonchev–Trinajstić information content (AvgIpc) is 2.49. The van der Waals surface area contributed by atoms with Gasteiger partial charge in [0.05, 0.1) is 0 Å². The fraction of sp³-hybridized carbons (Fsp3) is 0.375. The number of rotatable bonds is 7. The molecule has 1 heterocycles. The van der Waals surface area contributed by atoms with Crippen molar-refractivity contribution in [3.63, 3.8) is 0 Å². The molecule has 0 aliphatic rings. The Morgan fingerprint density at radius 3 is 2.57 bits per heavy atom. The highest BCUT2D eigenvalue weighted by atomic mass is 32.2. The monoisotopic (exact) mass is 303 g/mol. The van der Waals surface area contributed by atoms with Crippen LogP contribution in [0.1, 0.15) is 19.4 Å². The van der Waals surface area contributed by atoms with Crippen LogP contribution < -0.4 is 10.1 Å². The maximum absolute atomic E-state index is 5.73. The number of benzene rings is 1. The summed E-state index contributed by atoms with van der Waals surface area (Å²) in [4.78, 5) is 9.60. The highest BCUT2D eigenvalue weighted by Crippen LogP contribution is 2.29. The van der Waals surface area contributed by atoms with Crippen LogP contribution in [0.5, 0.6) is 11.8 Å². The molecule has 0 saturated heterocycles. The Morgan fingerprint density at radius 1 is 1.19 bits per heavy atom. The molecular weight excluding hydrogens is 282 g/mol. The summed E-state index contributed by atoms with van der Waals surface area (Å²) in [5.74, 6) is 1.42. The van der Waals surface area contributed by atoms with Gasteiger partial charge in [-0.15, -0.1) is 11.8 Å². The lowest BCUT2D eigenvalue weighted by Gasteiger charge is -2.09. The van der Waals surface area contributed by atoms with Gasteiger partial charge in [-0.3, -0.25) is 0 Å². The second kappa shape index (κ2) is 8.00. The molecule has 0 bridgehead atoms. The minimum atomic E-state index is 0.379. The van der Waals surface area contributed by atoms with Crippen LogP contribution in [0, 0.1) is 5.92 Å². The zero-order valence-electron chi connectivity index (χ0n) is 12.7. The van der Waals surface area contributed by atoms with E-state index in [2.05, 4.69) is 29.1 Å². The molecule has 0 saturated carbocycles. The molecular formula is C16H21N3OS. The van der Waals surface area contributed by atoms with Crippen LogP contribution >= 0.6 is 11.8 Å². The first-order chi connectivity index (χ1) is 10.2. The van der Waals surface area contributed by atoms with Crippen LogP contribution in [-0.2, 0) is 6.54 Å². The van der Waals surface area contributed by atoms with Crippen molar-refractivity contribution in [1.29, 1.82) is 0 Å². The van der Waals surface area contributed by atoms with Crippen LogP contribution in [0.3, 0.4) is 0 Å². The number of ether oxygens (including phenoxy) is 1. The second-order valence-corrected chi connectivity index (χ2v) is 6.00. The van der Waals surface area contributed by atoms with Gasteiger partial charge in [0.2, 0.25) is 0 Å². The molecule has 0 unspecified atom stereocenters. The number of hydrogen-bond donors (Lipinski definition) is 1. The fourth-order valence-corrected chi connectivity index (χ4v) is 2.32. The van der Waals surface area contributed by atoms with E-state index in [0.29, 0.717) is 11.9 Å². The van der Waals surface area contributed by atoms with Gasteiger partial charge in [-0.1, -0.05) is 26.0 Å². The molecule has 4 nitrogen and oxygen atoms in total. The third-order valence-electron chi connectivity index (χ3n) is 2.83. The number of nitrogens with zero attached hydrogens (tertiary/aromatic N) is 2. The Hall–Kier alpha value is -1.59. The first-order valence-electron chi connectivity index (χ1n) is 7.01. The van der Waals surface area contributed by atoms with E-state index in [9.17, 15) is 0 Å². The quantitative estimate of drug-likeness (QED) is 0.790. The molecule has 2 rings (SSSR count). The van der Waals surface area contributed by atoms with Crippen molar-refractivity contribution in [2.45, 2.75) is 25.3 Å². The van der Waals surface area contributed by atoms with Crippen molar-refractivity contribution in [3.05, 3.63) is 42.2 Å². The smallest absolute Gasteiger partial charge is 0.321 e. The molecule has 1 aromatic heterocycles. The van der Waals surface area contributed by atoms with Crippen LogP contribution in [0.25, 0.3) is 0 Å². The third kappa shape index (κ3) is 5.02. The van der Waals surface area contributed by atoms with E-state index in [1.54, 1.807) is 24.2 Å². The van der Waals surface area contributed by atoms with E-state index in [1.807, 2.05) is 30.5 Å². The van der Waals surface area contributed by atoms with E-state index in [4.69, 9.17) is 4.74 Å². The van der Waals surface area contributed by atoms with Crippen molar-refractivity contribution in [2.24, 2.45) is 5.92 Å². The van der Waals surface area contributed by atoms with Gasteiger partial charge in [-0.25, -0.2) is 9.97 Å². The van der Waals surface area contributed by atoms with Crippen molar-refractivity contribution < 1.29 is 4.74 Å². The van der Waals surface area contributed by atoms with Crippen molar-refractivity contribution >= 4 is 11.8 Å². The predicted molar refractivity (Wildman–Crippen MR) is 86.9 cm³/mol. The molecule has 1 N–H and O–H groups in total. The molecule has 0 atom stereocenters. The van der Waals surface area contributed by atoms with Gasteiger partial charge in [0.25, 0.3) is 0 Å². The first-order valence-corrected chi connectivity index (χ1v) is 8.24. The Balaban J connectivity index is 1.96. The van der Waals surface area contributed by atoms with Gasteiger partial charge in [-0.05, 0) is 30.9 Å². The molecule has 0 aliphatic carbocycles. The van der Waals surface area contributed by atoms with Gasteiger partial charge >= 0.3 is 6.01 Å². The lowest BCUT2D eigenvalue weighted by Crippen LogP contribution is -2.19. The maximum atomic E-state index is 5.73. The predicted octanol–water partition coefficient (Wildman–Crippen LogP) is 3.74. The molecule has 0 fully saturated rings. The Labute approximate surface area is 130 Å². The maximum Gasteiger partial charge on any atom is 0.321 e. The fourth-order valence-electron chi connectivity index (χ4n) is 1.79. The normalized spacial score (nSPS) is 10.9. The Morgan fingerprint density at radius 2 is 1.90 bits per heavy atom.